The molecule has 0 amide bonds. The molecule has 0 unspecified atom stereocenters. The number of nitrogens with one attached hydrogen (secondary N) is 1. The molecule has 0 bridgehead atoms. The molecule has 1 aromatic rings. The zero-order valence-corrected chi connectivity index (χ0v) is 8.73. The molecule has 1 heterocycles. The second-order valence-corrected chi connectivity index (χ2v) is 4.86. The normalized spacial score (nSPS) is 19.9. The predicted molar refractivity (Wildman–Crippen MR) is 55.6 cm³/mol. The number of benzene rings is 1. The van der Waals surface area contributed by atoms with Gasteiger partial charge in [-0.15, -0.1) is 0 Å². The zero-order chi connectivity index (χ0) is 10.2. The molecule has 0 fully saturated rings. The van der Waals surface area contributed by atoms with Gasteiger partial charge < -0.3 is 5.32 Å². The summed E-state index contributed by atoms with van der Waals surface area (Å²) in [5.74, 6) is -0.134. The molecule has 0 atom stereocenters. The van der Waals surface area contributed by atoms with Gasteiger partial charge in [0, 0.05) is 13.1 Å². The maximum absolute atomic E-state index is 13.0. The summed E-state index contributed by atoms with van der Waals surface area (Å²) in [6.07, 6.45) is 1.02. The standard InChI is InChI=1S/C12H16FN/c1-12(2)6-9-3-4-11(13)5-10(9)7-14-8-12/h3-5,14H,6-8H2,1-2H3. The summed E-state index contributed by atoms with van der Waals surface area (Å²) >= 11 is 0. The Balaban J connectivity index is 2.37. The van der Waals surface area contributed by atoms with E-state index in [4.69, 9.17) is 0 Å². The Morgan fingerprint density at radius 2 is 2.07 bits per heavy atom. The fourth-order valence-electron chi connectivity index (χ4n) is 2.05. The van der Waals surface area contributed by atoms with Crippen LogP contribution >= 0.6 is 0 Å². The summed E-state index contributed by atoms with van der Waals surface area (Å²) in [7, 11) is 0. The summed E-state index contributed by atoms with van der Waals surface area (Å²) < 4.78 is 13.0. The Hall–Kier alpha value is -0.890. The first-order valence-electron chi connectivity index (χ1n) is 5.05. The first-order valence-corrected chi connectivity index (χ1v) is 5.05. The van der Waals surface area contributed by atoms with Gasteiger partial charge in [0.25, 0.3) is 0 Å². The number of hydrogen-bond acceptors (Lipinski definition) is 1. The van der Waals surface area contributed by atoms with Crippen molar-refractivity contribution in [3.8, 4) is 0 Å². The van der Waals surface area contributed by atoms with Crippen LogP contribution in [0.15, 0.2) is 18.2 Å². The molecule has 0 saturated carbocycles. The van der Waals surface area contributed by atoms with Crippen molar-refractivity contribution in [1.29, 1.82) is 0 Å². The summed E-state index contributed by atoms with van der Waals surface area (Å²) in [6.45, 7) is 6.25. The van der Waals surface area contributed by atoms with Gasteiger partial charge in [0.15, 0.2) is 0 Å². The van der Waals surface area contributed by atoms with E-state index in [9.17, 15) is 4.39 Å². The van der Waals surface area contributed by atoms with Crippen LogP contribution in [0.5, 0.6) is 0 Å². The molecule has 76 valence electrons. The van der Waals surface area contributed by atoms with Crippen molar-refractivity contribution in [2.75, 3.05) is 6.54 Å². The Labute approximate surface area is 84.3 Å². The summed E-state index contributed by atoms with van der Waals surface area (Å²) in [5.41, 5.74) is 2.65. The molecule has 2 heteroatoms. The minimum atomic E-state index is -0.134. The number of halogens is 1. The lowest BCUT2D eigenvalue weighted by Crippen LogP contribution is -2.27. The van der Waals surface area contributed by atoms with E-state index in [1.807, 2.05) is 6.07 Å². The highest BCUT2D eigenvalue weighted by atomic mass is 19.1. The smallest absolute Gasteiger partial charge is 0.123 e. The molecular formula is C12H16FN. The lowest BCUT2D eigenvalue weighted by atomic mass is 9.85. The predicted octanol–water partition coefficient (Wildman–Crippen LogP) is 2.50. The molecule has 1 nitrogen and oxygen atoms in total. The third-order valence-corrected chi connectivity index (χ3v) is 2.76. The molecule has 1 aromatic carbocycles. The van der Waals surface area contributed by atoms with Crippen molar-refractivity contribution in [2.45, 2.75) is 26.8 Å². The van der Waals surface area contributed by atoms with E-state index in [-0.39, 0.29) is 11.2 Å². The summed E-state index contributed by atoms with van der Waals surface area (Å²) in [6, 6.07) is 5.11. The molecule has 1 aliphatic rings. The highest BCUT2D eigenvalue weighted by Gasteiger charge is 2.22. The maximum atomic E-state index is 13.0. The zero-order valence-electron chi connectivity index (χ0n) is 8.73. The van der Waals surface area contributed by atoms with E-state index >= 15 is 0 Å². The van der Waals surface area contributed by atoms with Gasteiger partial charge in [-0.05, 0) is 35.1 Å². The molecule has 0 aromatic heterocycles. The van der Waals surface area contributed by atoms with E-state index in [0.29, 0.717) is 0 Å². The maximum Gasteiger partial charge on any atom is 0.123 e. The first-order chi connectivity index (χ1) is 6.57. The van der Waals surface area contributed by atoms with Crippen LogP contribution in [0.25, 0.3) is 0 Å². The topological polar surface area (TPSA) is 12.0 Å². The molecule has 0 radical (unpaired) electrons. The van der Waals surface area contributed by atoms with Gasteiger partial charge in [0.05, 0.1) is 0 Å². The Kier molecular flexibility index (Phi) is 2.31. The van der Waals surface area contributed by atoms with Crippen LogP contribution < -0.4 is 5.32 Å². The lowest BCUT2D eigenvalue weighted by molar-refractivity contribution is 0.349. The van der Waals surface area contributed by atoms with Crippen molar-refractivity contribution in [2.24, 2.45) is 5.41 Å². The van der Waals surface area contributed by atoms with E-state index < -0.39 is 0 Å². The van der Waals surface area contributed by atoms with Crippen LogP contribution in [0, 0.1) is 11.2 Å². The quantitative estimate of drug-likeness (QED) is 0.667. The Bertz CT molecular complexity index is 344. The average molecular weight is 193 g/mol. The van der Waals surface area contributed by atoms with Gasteiger partial charge in [-0.1, -0.05) is 19.9 Å². The molecule has 1 aliphatic heterocycles. The third-order valence-electron chi connectivity index (χ3n) is 2.76. The second-order valence-electron chi connectivity index (χ2n) is 4.86. The van der Waals surface area contributed by atoms with Crippen LogP contribution in [0.1, 0.15) is 25.0 Å². The molecule has 0 spiro atoms. The van der Waals surface area contributed by atoms with Crippen molar-refractivity contribution in [3.63, 3.8) is 0 Å². The number of rotatable bonds is 0. The summed E-state index contributed by atoms with van der Waals surface area (Å²) in [4.78, 5) is 0. The van der Waals surface area contributed by atoms with Gasteiger partial charge in [0.2, 0.25) is 0 Å². The van der Waals surface area contributed by atoms with Gasteiger partial charge in [-0.2, -0.15) is 0 Å². The molecule has 0 aliphatic carbocycles. The van der Waals surface area contributed by atoms with E-state index in [2.05, 4.69) is 19.2 Å². The Morgan fingerprint density at radius 3 is 2.86 bits per heavy atom. The largest absolute Gasteiger partial charge is 0.312 e. The van der Waals surface area contributed by atoms with Crippen LogP contribution in [-0.2, 0) is 13.0 Å². The number of hydrogen-bond donors (Lipinski definition) is 1. The average Bonchev–Trinajstić information content (AvgIpc) is 2.22. The van der Waals surface area contributed by atoms with Crippen molar-refractivity contribution < 1.29 is 4.39 Å². The highest BCUT2D eigenvalue weighted by Crippen LogP contribution is 2.26. The third kappa shape index (κ3) is 1.95. The monoisotopic (exact) mass is 193 g/mol. The van der Waals surface area contributed by atoms with E-state index in [1.165, 1.54) is 5.56 Å². The second kappa shape index (κ2) is 3.35. The number of fused-ring (bicyclic) bond motifs is 1. The summed E-state index contributed by atoms with van der Waals surface area (Å²) in [5, 5.41) is 3.35. The van der Waals surface area contributed by atoms with Crippen LogP contribution in [0.4, 0.5) is 4.39 Å². The molecule has 1 N–H and O–H groups in total. The minimum absolute atomic E-state index is 0.134. The van der Waals surface area contributed by atoms with E-state index in [1.54, 1.807) is 12.1 Å². The fraction of sp³-hybridized carbons (Fsp3) is 0.500. The highest BCUT2D eigenvalue weighted by molar-refractivity contribution is 5.29. The Morgan fingerprint density at radius 1 is 1.29 bits per heavy atom. The molecular weight excluding hydrogens is 177 g/mol. The van der Waals surface area contributed by atoms with E-state index in [0.717, 1.165) is 25.1 Å². The van der Waals surface area contributed by atoms with Crippen LogP contribution in [-0.4, -0.2) is 6.54 Å². The lowest BCUT2D eigenvalue weighted by Gasteiger charge is -2.22. The van der Waals surface area contributed by atoms with Crippen LogP contribution in [0.2, 0.25) is 0 Å². The van der Waals surface area contributed by atoms with Crippen molar-refractivity contribution in [1.82, 2.24) is 5.32 Å². The van der Waals surface area contributed by atoms with Gasteiger partial charge in [0.1, 0.15) is 5.82 Å². The molecule has 14 heavy (non-hydrogen) atoms. The van der Waals surface area contributed by atoms with Crippen molar-refractivity contribution in [3.05, 3.63) is 35.1 Å². The van der Waals surface area contributed by atoms with Gasteiger partial charge in [-0.25, -0.2) is 4.39 Å². The minimum Gasteiger partial charge on any atom is -0.312 e. The van der Waals surface area contributed by atoms with Gasteiger partial charge in [-0.3, -0.25) is 0 Å². The fourth-order valence-corrected chi connectivity index (χ4v) is 2.05. The molecule has 0 saturated heterocycles. The van der Waals surface area contributed by atoms with Gasteiger partial charge >= 0.3 is 0 Å². The molecule has 2 rings (SSSR count). The SMILES string of the molecule is CC1(C)CNCc2cc(F)ccc2C1. The van der Waals surface area contributed by atoms with Crippen LogP contribution in [0.3, 0.4) is 0 Å². The van der Waals surface area contributed by atoms with Crippen molar-refractivity contribution >= 4 is 0 Å². The first kappa shape index (κ1) is 9.66.